The molecule has 106 valence electrons. The number of nitrogens with two attached hydrogens (primary N) is 1. The van der Waals surface area contributed by atoms with E-state index in [1.54, 1.807) is 12.1 Å². The van der Waals surface area contributed by atoms with Gasteiger partial charge in [-0.25, -0.2) is 0 Å². The molecule has 1 atom stereocenters. The van der Waals surface area contributed by atoms with Crippen molar-refractivity contribution in [2.24, 2.45) is 5.73 Å². The topological polar surface area (TPSA) is 44.5 Å². The standard InChI is InChI=1S/C12H13ClF3NO2/c13-8-3-7-1-2-19-11(7)9(4-8)10(17)5-18-6-12(14,15)16/h3-4,10H,1-2,5-6,17H2. The highest BCUT2D eigenvalue weighted by atomic mass is 35.5. The molecule has 0 saturated heterocycles. The van der Waals surface area contributed by atoms with Gasteiger partial charge in [-0.15, -0.1) is 0 Å². The highest BCUT2D eigenvalue weighted by Crippen LogP contribution is 2.35. The van der Waals surface area contributed by atoms with E-state index in [1.165, 1.54) is 0 Å². The summed E-state index contributed by atoms with van der Waals surface area (Å²) in [6, 6.07) is 2.68. The van der Waals surface area contributed by atoms with Crippen LogP contribution in [0.3, 0.4) is 0 Å². The molecular weight excluding hydrogens is 283 g/mol. The largest absolute Gasteiger partial charge is 0.493 e. The second-order valence-electron chi connectivity index (χ2n) is 4.32. The van der Waals surface area contributed by atoms with Crippen molar-refractivity contribution in [3.63, 3.8) is 0 Å². The van der Waals surface area contributed by atoms with Gasteiger partial charge in [-0.1, -0.05) is 11.6 Å². The molecule has 2 N–H and O–H groups in total. The van der Waals surface area contributed by atoms with Gasteiger partial charge >= 0.3 is 6.18 Å². The molecule has 0 aromatic heterocycles. The van der Waals surface area contributed by atoms with Crippen LogP contribution in [0.1, 0.15) is 17.2 Å². The van der Waals surface area contributed by atoms with Gasteiger partial charge in [-0.3, -0.25) is 0 Å². The molecular formula is C12H13ClF3NO2. The Morgan fingerprint density at radius 2 is 2.16 bits per heavy atom. The first-order valence-electron chi connectivity index (χ1n) is 5.72. The van der Waals surface area contributed by atoms with E-state index < -0.39 is 18.8 Å². The number of alkyl halides is 3. The predicted octanol–water partition coefficient (Wildman–Crippen LogP) is 2.85. The van der Waals surface area contributed by atoms with Crippen LogP contribution >= 0.6 is 11.6 Å². The lowest BCUT2D eigenvalue weighted by Crippen LogP contribution is -2.23. The Bertz CT molecular complexity index is 465. The fourth-order valence-corrected chi connectivity index (χ4v) is 2.21. The van der Waals surface area contributed by atoms with Gasteiger partial charge < -0.3 is 15.2 Å². The second kappa shape index (κ2) is 5.56. The van der Waals surface area contributed by atoms with E-state index in [2.05, 4.69) is 4.74 Å². The van der Waals surface area contributed by atoms with E-state index in [0.717, 1.165) is 12.0 Å². The molecule has 1 unspecified atom stereocenters. The highest BCUT2D eigenvalue weighted by Gasteiger charge is 2.28. The third-order valence-electron chi connectivity index (χ3n) is 2.74. The molecule has 0 amide bonds. The van der Waals surface area contributed by atoms with Gasteiger partial charge in [0.25, 0.3) is 0 Å². The average molecular weight is 296 g/mol. The maximum absolute atomic E-state index is 12.0. The van der Waals surface area contributed by atoms with Crippen LogP contribution in [0.5, 0.6) is 5.75 Å². The van der Waals surface area contributed by atoms with Crippen LogP contribution in [0, 0.1) is 0 Å². The Labute approximate surface area is 113 Å². The SMILES string of the molecule is NC(COCC(F)(F)F)c1cc(Cl)cc2c1OCC2. The minimum absolute atomic E-state index is 0.240. The number of ether oxygens (including phenoxy) is 2. The number of rotatable bonds is 4. The number of fused-ring (bicyclic) bond motifs is 1. The number of benzene rings is 1. The number of hydrogen-bond donors (Lipinski definition) is 1. The van der Waals surface area contributed by atoms with Crippen LogP contribution in [0.25, 0.3) is 0 Å². The summed E-state index contributed by atoms with van der Waals surface area (Å²) in [5, 5.41) is 0.491. The zero-order valence-electron chi connectivity index (χ0n) is 9.97. The van der Waals surface area contributed by atoms with Crippen LogP contribution in [0.2, 0.25) is 5.02 Å². The van der Waals surface area contributed by atoms with Crippen molar-refractivity contribution in [2.75, 3.05) is 19.8 Å². The summed E-state index contributed by atoms with van der Waals surface area (Å²) in [6.07, 6.45) is -3.63. The molecule has 1 aliphatic heterocycles. The van der Waals surface area contributed by atoms with Gasteiger partial charge in [0.2, 0.25) is 0 Å². The van der Waals surface area contributed by atoms with E-state index in [1.807, 2.05) is 0 Å². The third kappa shape index (κ3) is 3.75. The molecule has 0 aliphatic carbocycles. The lowest BCUT2D eigenvalue weighted by atomic mass is 10.0. The maximum Gasteiger partial charge on any atom is 0.411 e. The van der Waals surface area contributed by atoms with Crippen LogP contribution in [0.15, 0.2) is 12.1 Å². The van der Waals surface area contributed by atoms with Gasteiger partial charge in [0, 0.05) is 17.0 Å². The molecule has 1 aromatic rings. The minimum Gasteiger partial charge on any atom is -0.493 e. The van der Waals surface area contributed by atoms with Gasteiger partial charge in [0.15, 0.2) is 0 Å². The fraction of sp³-hybridized carbons (Fsp3) is 0.500. The molecule has 3 nitrogen and oxygen atoms in total. The molecule has 0 bridgehead atoms. The van der Waals surface area contributed by atoms with Crippen LogP contribution in [-0.2, 0) is 11.2 Å². The first-order chi connectivity index (χ1) is 8.87. The van der Waals surface area contributed by atoms with E-state index in [-0.39, 0.29) is 6.61 Å². The normalized spacial score (nSPS) is 16.1. The van der Waals surface area contributed by atoms with Crippen molar-refractivity contribution in [1.29, 1.82) is 0 Å². The zero-order valence-corrected chi connectivity index (χ0v) is 10.7. The Hall–Kier alpha value is -0.980. The van der Waals surface area contributed by atoms with Crippen molar-refractivity contribution in [3.8, 4) is 5.75 Å². The molecule has 1 heterocycles. The Morgan fingerprint density at radius 1 is 1.42 bits per heavy atom. The molecule has 19 heavy (non-hydrogen) atoms. The van der Waals surface area contributed by atoms with Crippen LogP contribution < -0.4 is 10.5 Å². The van der Waals surface area contributed by atoms with Gasteiger partial charge in [0.1, 0.15) is 12.4 Å². The Morgan fingerprint density at radius 3 is 2.84 bits per heavy atom. The van der Waals surface area contributed by atoms with Crippen molar-refractivity contribution in [2.45, 2.75) is 18.6 Å². The number of hydrogen-bond acceptors (Lipinski definition) is 3. The molecule has 0 fully saturated rings. The van der Waals surface area contributed by atoms with Gasteiger partial charge in [0.05, 0.1) is 19.3 Å². The Kier molecular flexibility index (Phi) is 4.23. The third-order valence-corrected chi connectivity index (χ3v) is 2.96. The lowest BCUT2D eigenvalue weighted by Gasteiger charge is -2.17. The molecule has 0 radical (unpaired) electrons. The quantitative estimate of drug-likeness (QED) is 0.929. The van der Waals surface area contributed by atoms with Crippen molar-refractivity contribution < 1.29 is 22.6 Å². The highest BCUT2D eigenvalue weighted by molar-refractivity contribution is 6.30. The van der Waals surface area contributed by atoms with Gasteiger partial charge in [-0.05, 0) is 17.7 Å². The zero-order chi connectivity index (χ0) is 14.0. The summed E-state index contributed by atoms with van der Waals surface area (Å²) in [5.41, 5.74) is 7.35. The van der Waals surface area contributed by atoms with Crippen molar-refractivity contribution in [3.05, 3.63) is 28.3 Å². The van der Waals surface area contributed by atoms with Crippen molar-refractivity contribution >= 4 is 11.6 Å². The molecule has 1 aromatic carbocycles. The van der Waals surface area contributed by atoms with E-state index >= 15 is 0 Å². The fourth-order valence-electron chi connectivity index (χ4n) is 1.96. The second-order valence-corrected chi connectivity index (χ2v) is 4.75. The van der Waals surface area contributed by atoms with Crippen LogP contribution in [-0.4, -0.2) is 26.0 Å². The minimum atomic E-state index is -4.35. The summed E-state index contributed by atoms with van der Waals surface area (Å²) in [7, 11) is 0. The summed E-state index contributed by atoms with van der Waals surface area (Å²) < 4.78 is 45.9. The van der Waals surface area contributed by atoms with E-state index in [4.69, 9.17) is 22.1 Å². The first-order valence-corrected chi connectivity index (χ1v) is 6.10. The average Bonchev–Trinajstić information content (AvgIpc) is 2.73. The number of halogens is 4. The van der Waals surface area contributed by atoms with E-state index in [9.17, 15) is 13.2 Å². The summed E-state index contributed by atoms with van der Waals surface area (Å²) >= 11 is 5.95. The smallest absolute Gasteiger partial charge is 0.411 e. The van der Waals surface area contributed by atoms with E-state index in [0.29, 0.717) is 22.9 Å². The Balaban J connectivity index is 2.05. The molecule has 0 spiro atoms. The first kappa shape index (κ1) is 14.4. The summed E-state index contributed by atoms with van der Waals surface area (Å²) in [5.74, 6) is 0.618. The maximum atomic E-state index is 12.0. The monoisotopic (exact) mass is 295 g/mol. The van der Waals surface area contributed by atoms with Crippen molar-refractivity contribution in [1.82, 2.24) is 0 Å². The molecule has 0 saturated carbocycles. The predicted molar refractivity (Wildman–Crippen MR) is 64.5 cm³/mol. The summed E-state index contributed by atoms with van der Waals surface area (Å²) in [4.78, 5) is 0. The molecule has 2 rings (SSSR count). The van der Waals surface area contributed by atoms with Gasteiger partial charge in [-0.2, -0.15) is 13.2 Å². The van der Waals surface area contributed by atoms with Crippen LogP contribution in [0.4, 0.5) is 13.2 Å². The molecule has 1 aliphatic rings. The molecule has 7 heteroatoms. The lowest BCUT2D eigenvalue weighted by molar-refractivity contribution is -0.174. The summed E-state index contributed by atoms with van der Waals surface area (Å²) in [6.45, 7) is -1.03.